The van der Waals surface area contributed by atoms with Crippen molar-refractivity contribution < 1.29 is 9.53 Å². The number of benzene rings is 2. The average molecular weight is 323 g/mol. The zero-order valence-corrected chi connectivity index (χ0v) is 14.4. The quantitative estimate of drug-likeness (QED) is 0.479. The molecular formula is C21H25NO2. The van der Waals surface area contributed by atoms with Crippen LogP contribution in [0, 0.1) is 5.92 Å². The fraction of sp³-hybridized carbons (Fsp3) is 0.333. The van der Waals surface area contributed by atoms with Crippen LogP contribution < -0.4 is 0 Å². The van der Waals surface area contributed by atoms with Gasteiger partial charge in [-0.25, -0.2) is 4.79 Å². The first-order chi connectivity index (χ1) is 11.7. The highest BCUT2D eigenvalue weighted by Crippen LogP contribution is 2.17. The molecule has 0 aliphatic rings. The maximum Gasteiger partial charge on any atom is 0.338 e. The molecule has 24 heavy (non-hydrogen) atoms. The van der Waals surface area contributed by atoms with E-state index in [9.17, 15) is 4.79 Å². The minimum atomic E-state index is -0.265. The SMILES string of the molecule is CCCC(C=Nc1ccccc1)CC(C)OC(=O)c1ccccc1. The average Bonchev–Trinajstić information content (AvgIpc) is 2.61. The molecule has 0 heterocycles. The summed E-state index contributed by atoms with van der Waals surface area (Å²) in [6.45, 7) is 4.10. The van der Waals surface area contributed by atoms with Crippen molar-refractivity contribution in [2.24, 2.45) is 10.9 Å². The molecule has 2 rings (SSSR count). The smallest absolute Gasteiger partial charge is 0.338 e. The zero-order valence-electron chi connectivity index (χ0n) is 14.4. The summed E-state index contributed by atoms with van der Waals surface area (Å²) in [5, 5.41) is 0. The Morgan fingerprint density at radius 1 is 1.08 bits per heavy atom. The van der Waals surface area contributed by atoms with Gasteiger partial charge in [0.15, 0.2) is 0 Å². The van der Waals surface area contributed by atoms with E-state index in [1.54, 1.807) is 12.1 Å². The summed E-state index contributed by atoms with van der Waals surface area (Å²) in [5.74, 6) is 0.0344. The van der Waals surface area contributed by atoms with Crippen LogP contribution in [-0.2, 0) is 4.74 Å². The number of nitrogens with zero attached hydrogens (tertiary/aromatic N) is 1. The molecule has 3 heteroatoms. The Labute approximate surface area is 144 Å². The molecule has 0 fully saturated rings. The normalized spacial score (nSPS) is 13.6. The number of hydrogen-bond donors (Lipinski definition) is 0. The number of esters is 1. The van der Waals surface area contributed by atoms with Crippen molar-refractivity contribution in [1.29, 1.82) is 0 Å². The highest BCUT2D eigenvalue weighted by atomic mass is 16.5. The van der Waals surface area contributed by atoms with E-state index >= 15 is 0 Å². The first-order valence-electron chi connectivity index (χ1n) is 8.54. The van der Waals surface area contributed by atoms with E-state index in [0.717, 1.165) is 24.9 Å². The molecule has 0 aromatic heterocycles. The van der Waals surface area contributed by atoms with E-state index in [1.807, 2.05) is 61.7 Å². The monoisotopic (exact) mass is 323 g/mol. The van der Waals surface area contributed by atoms with Crippen LogP contribution in [0.1, 0.15) is 43.5 Å². The molecule has 3 nitrogen and oxygen atoms in total. The van der Waals surface area contributed by atoms with Crippen molar-refractivity contribution in [2.45, 2.75) is 39.2 Å². The molecule has 0 radical (unpaired) electrons. The lowest BCUT2D eigenvalue weighted by Crippen LogP contribution is -2.19. The van der Waals surface area contributed by atoms with Gasteiger partial charge in [0, 0.05) is 6.21 Å². The lowest BCUT2D eigenvalue weighted by Gasteiger charge is -2.18. The fourth-order valence-corrected chi connectivity index (χ4v) is 2.63. The second-order valence-electron chi connectivity index (χ2n) is 5.98. The van der Waals surface area contributed by atoms with Crippen molar-refractivity contribution in [2.75, 3.05) is 0 Å². The Morgan fingerprint density at radius 2 is 1.71 bits per heavy atom. The van der Waals surface area contributed by atoms with Gasteiger partial charge in [0.2, 0.25) is 0 Å². The largest absolute Gasteiger partial charge is 0.459 e. The van der Waals surface area contributed by atoms with Gasteiger partial charge in [0.25, 0.3) is 0 Å². The highest BCUT2D eigenvalue weighted by Gasteiger charge is 2.16. The number of para-hydroxylation sites is 1. The van der Waals surface area contributed by atoms with Crippen molar-refractivity contribution in [3.8, 4) is 0 Å². The molecule has 2 atom stereocenters. The topological polar surface area (TPSA) is 38.7 Å². The standard InChI is InChI=1S/C21H25NO2/c1-3-10-18(16-22-20-13-8-5-9-14-20)15-17(2)24-21(23)19-11-6-4-7-12-19/h4-9,11-14,16-18H,3,10,15H2,1-2H3. The van der Waals surface area contributed by atoms with Gasteiger partial charge in [0.1, 0.15) is 0 Å². The first kappa shape index (κ1) is 17.9. The van der Waals surface area contributed by atoms with Crippen LogP contribution in [0.5, 0.6) is 0 Å². The third-order valence-corrected chi connectivity index (χ3v) is 3.80. The van der Waals surface area contributed by atoms with Crippen molar-refractivity contribution in [1.82, 2.24) is 0 Å². The lowest BCUT2D eigenvalue weighted by atomic mass is 9.98. The van der Waals surface area contributed by atoms with Crippen LogP contribution in [0.4, 0.5) is 5.69 Å². The summed E-state index contributed by atoms with van der Waals surface area (Å²) in [7, 11) is 0. The maximum atomic E-state index is 12.1. The third-order valence-electron chi connectivity index (χ3n) is 3.80. The minimum absolute atomic E-state index is 0.142. The molecule has 0 amide bonds. The Kier molecular flexibility index (Phi) is 7.21. The Hall–Kier alpha value is -2.42. The summed E-state index contributed by atoms with van der Waals surface area (Å²) in [6.07, 6.45) is 4.74. The molecule has 0 N–H and O–H groups in total. The van der Waals surface area contributed by atoms with E-state index in [-0.39, 0.29) is 12.1 Å². The Bertz CT molecular complexity index is 637. The number of rotatable bonds is 8. The number of ether oxygens (including phenoxy) is 1. The molecule has 126 valence electrons. The van der Waals surface area contributed by atoms with Gasteiger partial charge in [0.05, 0.1) is 17.4 Å². The molecule has 0 bridgehead atoms. The molecule has 2 aromatic carbocycles. The van der Waals surface area contributed by atoms with Crippen LogP contribution in [-0.4, -0.2) is 18.3 Å². The van der Waals surface area contributed by atoms with Gasteiger partial charge in [-0.05, 0) is 49.9 Å². The second kappa shape index (κ2) is 9.66. The van der Waals surface area contributed by atoms with Crippen molar-refractivity contribution in [3.63, 3.8) is 0 Å². The van der Waals surface area contributed by atoms with Crippen molar-refractivity contribution >= 4 is 17.9 Å². The summed E-state index contributed by atoms with van der Waals surface area (Å²) >= 11 is 0. The first-order valence-corrected chi connectivity index (χ1v) is 8.54. The Morgan fingerprint density at radius 3 is 2.33 bits per heavy atom. The van der Waals surface area contributed by atoms with Crippen molar-refractivity contribution in [3.05, 3.63) is 66.2 Å². The summed E-state index contributed by atoms with van der Waals surface area (Å²) in [6, 6.07) is 19.0. The van der Waals surface area contributed by atoms with Crippen LogP contribution >= 0.6 is 0 Å². The number of hydrogen-bond acceptors (Lipinski definition) is 3. The lowest BCUT2D eigenvalue weighted by molar-refractivity contribution is 0.0305. The van der Waals surface area contributed by atoms with E-state index in [0.29, 0.717) is 11.5 Å². The Balaban J connectivity index is 1.92. The second-order valence-corrected chi connectivity index (χ2v) is 5.98. The van der Waals surface area contributed by atoms with Gasteiger partial charge in [-0.3, -0.25) is 4.99 Å². The number of carbonyl (C=O) groups is 1. The minimum Gasteiger partial charge on any atom is -0.459 e. The summed E-state index contributed by atoms with van der Waals surface area (Å²) in [4.78, 5) is 16.7. The van der Waals surface area contributed by atoms with E-state index in [2.05, 4.69) is 11.9 Å². The van der Waals surface area contributed by atoms with E-state index in [4.69, 9.17) is 4.74 Å². The molecule has 0 aliphatic heterocycles. The summed E-state index contributed by atoms with van der Waals surface area (Å²) in [5.41, 5.74) is 1.54. The molecule has 0 spiro atoms. The van der Waals surface area contributed by atoms with Crippen LogP contribution in [0.25, 0.3) is 0 Å². The molecule has 0 saturated heterocycles. The molecule has 2 unspecified atom stereocenters. The molecule has 0 aliphatic carbocycles. The predicted octanol–water partition coefficient (Wildman–Crippen LogP) is 5.44. The van der Waals surface area contributed by atoms with Gasteiger partial charge in [-0.2, -0.15) is 0 Å². The zero-order chi connectivity index (χ0) is 17.2. The number of carbonyl (C=O) groups excluding carboxylic acids is 1. The maximum absolute atomic E-state index is 12.1. The fourth-order valence-electron chi connectivity index (χ4n) is 2.63. The van der Waals surface area contributed by atoms with Gasteiger partial charge in [-0.1, -0.05) is 49.7 Å². The van der Waals surface area contributed by atoms with E-state index in [1.165, 1.54) is 0 Å². The molecule has 0 saturated carbocycles. The van der Waals surface area contributed by atoms with E-state index < -0.39 is 0 Å². The summed E-state index contributed by atoms with van der Waals surface area (Å²) < 4.78 is 5.56. The number of aliphatic imine (C=N–C) groups is 1. The molecular weight excluding hydrogens is 298 g/mol. The van der Waals surface area contributed by atoms with Crippen LogP contribution in [0.2, 0.25) is 0 Å². The van der Waals surface area contributed by atoms with Gasteiger partial charge in [-0.15, -0.1) is 0 Å². The predicted molar refractivity (Wildman–Crippen MR) is 98.9 cm³/mol. The van der Waals surface area contributed by atoms with Gasteiger partial charge < -0.3 is 4.74 Å². The van der Waals surface area contributed by atoms with Gasteiger partial charge >= 0.3 is 5.97 Å². The van der Waals surface area contributed by atoms with Crippen LogP contribution in [0.15, 0.2) is 65.7 Å². The highest BCUT2D eigenvalue weighted by molar-refractivity contribution is 5.89. The molecule has 2 aromatic rings. The third kappa shape index (κ3) is 5.99. The van der Waals surface area contributed by atoms with Crippen LogP contribution in [0.3, 0.4) is 0 Å².